The fraction of sp³-hybridized carbons (Fsp3) is 0.242. The van der Waals surface area contributed by atoms with Gasteiger partial charge < -0.3 is 25.6 Å². The first-order chi connectivity index (χ1) is 21.2. The van der Waals surface area contributed by atoms with E-state index < -0.39 is 0 Å². The molecule has 1 aliphatic rings. The maximum absolute atomic E-state index is 12.6. The van der Waals surface area contributed by atoms with Crippen molar-refractivity contribution < 1.29 is 14.3 Å². The molecule has 11 heteroatoms. The van der Waals surface area contributed by atoms with Gasteiger partial charge in [-0.05, 0) is 80.1 Å². The number of rotatable bonds is 6. The standard InChI is InChI=1S/C33H34N8O3/c1-20-30(21(2)40(4)39-20)24-7-14-28-29(19-24)37-31(38-32(28)41-15-17-44-18-16-41)23-5-8-26(9-6-23)35-33(43)36-27-12-10-25(11-13-27)34-22(3)42/h5-14,19H,15-18H2,1-4H3,(H,34,42)(H2,35,36,43). The highest BCUT2D eigenvalue weighted by atomic mass is 16.5. The van der Waals surface area contributed by atoms with Crippen LogP contribution < -0.4 is 20.9 Å². The van der Waals surface area contributed by atoms with Gasteiger partial charge in [-0.3, -0.25) is 9.48 Å². The van der Waals surface area contributed by atoms with Crippen LogP contribution in [0.25, 0.3) is 33.4 Å². The molecule has 44 heavy (non-hydrogen) atoms. The number of amides is 3. The lowest BCUT2D eigenvalue weighted by Crippen LogP contribution is -2.37. The molecule has 0 saturated carbocycles. The number of morpholine rings is 1. The van der Waals surface area contributed by atoms with Gasteiger partial charge in [0.25, 0.3) is 0 Å². The normalized spacial score (nSPS) is 13.1. The fourth-order valence-corrected chi connectivity index (χ4v) is 5.44. The molecular weight excluding hydrogens is 556 g/mol. The lowest BCUT2D eigenvalue weighted by Gasteiger charge is -2.29. The number of fused-ring (bicyclic) bond motifs is 1. The number of nitrogens with one attached hydrogen (secondary N) is 3. The Morgan fingerprint density at radius 1 is 0.795 bits per heavy atom. The van der Waals surface area contributed by atoms with Crippen molar-refractivity contribution in [2.45, 2.75) is 20.8 Å². The van der Waals surface area contributed by atoms with Crippen LogP contribution in [0.1, 0.15) is 18.3 Å². The minimum Gasteiger partial charge on any atom is -0.378 e. The van der Waals surface area contributed by atoms with E-state index in [1.807, 2.05) is 42.9 Å². The van der Waals surface area contributed by atoms with E-state index in [2.05, 4.69) is 51.1 Å². The predicted molar refractivity (Wildman–Crippen MR) is 173 cm³/mol. The third-order valence-corrected chi connectivity index (χ3v) is 7.65. The molecule has 11 nitrogen and oxygen atoms in total. The molecule has 3 N–H and O–H groups in total. The van der Waals surface area contributed by atoms with Gasteiger partial charge in [0, 0.05) is 66.3 Å². The first kappa shape index (κ1) is 28.8. The number of benzene rings is 3. The number of carbonyl (C=O) groups is 2. The van der Waals surface area contributed by atoms with Crippen LogP contribution in [0.4, 0.5) is 27.7 Å². The summed E-state index contributed by atoms with van der Waals surface area (Å²) in [7, 11) is 1.96. The Morgan fingerprint density at radius 2 is 1.39 bits per heavy atom. The molecule has 6 rings (SSSR count). The molecule has 0 radical (unpaired) electrons. The quantitative estimate of drug-likeness (QED) is 0.230. The van der Waals surface area contributed by atoms with Crippen molar-refractivity contribution in [3.8, 4) is 22.5 Å². The summed E-state index contributed by atoms with van der Waals surface area (Å²) in [4.78, 5) is 36.1. The topological polar surface area (TPSA) is 126 Å². The summed E-state index contributed by atoms with van der Waals surface area (Å²) in [5, 5.41) is 13.9. The second-order valence-corrected chi connectivity index (χ2v) is 10.8. The Morgan fingerprint density at radius 3 is 1.98 bits per heavy atom. The van der Waals surface area contributed by atoms with Gasteiger partial charge >= 0.3 is 6.03 Å². The van der Waals surface area contributed by atoms with Crippen molar-refractivity contribution in [3.63, 3.8) is 0 Å². The van der Waals surface area contributed by atoms with Crippen molar-refractivity contribution >= 4 is 45.7 Å². The van der Waals surface area contributed by atoms with Crippen molar-refractivity contribution in [2.24, 2.45) is 7.05 Å². The highest BCUT2D eigenvalue weighted by molar-refractivity contribution is 6.00. The second kappa shape index (κ2) is 12.1. The fourth-order valence-electron chi connectivity index (χ4n) is 5.44. The second-order valence-electron chi connectivity index (χ2n) is 10.8. The molecule has 0 bridgehead atoms. The maximum Gasteiger partial charge on any atom is 0.323 e. The summed E-state index contributed by atoms with van der Waals surface area (Å²) >= 11 is 0. The van der Waals surface area contributed by atoms with Gasteiger partial charge in [0.2, 0.25) is 5.91 Å². The molecule has 0 spiro atoms. The molecule has 3 aromatic carbocycles. The van der Waals surface area contributed by atoms with Gasteiger partial charge in [-0.25, -0.2) is 14.8 Å². The Bertz CT molecular complexity index is 1840. The van der Waals surface area contributed by atoms with Crippen molar-refractivity contribution in [3.05, 3.63) is 78.1 Å². The third kappa shape index (κ3) is 6.09. The first-order valence-electron chi connectivity index (χ1n) is 14.5. The number of ether oxygens (including phenoxy) is 1. The van der Waals surface area contributed by atoms with E-state index in [-0.39, 0.29) is 11.9 Å². The van der Waals surface area contributed by atoms with Gasteiger partial charge in [-0.1, -0.05) is 6.07 Å². The molecule has 0 unspecified atom stereocenters. The molecule has 1 aliphatic heterocycles. The molecule has 0 aliphatic carbocycles. The van der Waals surface area contributed by atoms with Gasteiger partial charge in [0.15, 0.2) is 5.82 Å². The zero-order chi connectivity index (χ0) is 30.8. The van der Waals surface area contributed by atoms with Crippen LogP contribution >= 0.6 is 0 Å². The summed E-state index contributed by atoms with van der Waals surface area (Å²) in [5.41, 5.74) is 7.81. The van der Waals surface area contributed by atoms with Crippen molar-refractivity contribution in [1.29, 1.82) is 0 Å². The van der Waals surface area contributed by atoms with E-state index in [0.29, 0.717) is 36.1 Å². The average molecular weight is 591 g/mol. The van der Waals surface area contributed by atoms with Crippen molar-refractivity contribution in [2.75, 3.05) is 47.2 Å². The molecular formula is C33H34N8O3. The lowest BCUT2D eigenvalue weighted by molar-refractivity contribution is -0.114. The number of hydrogen-bond donors (Lipinski definition) is 3. The van der Waals surface area contributed by atoms with E-state index in [4.69, 9.17) is 14.7 Å². The number of anilines is 4. The summed E-state index contributed by atoms with van der Waals surface area (Å²) < 4.78 is 7.51. The SMILES string of the molecule is CC(=O)Nc1ccc(NC(=O)Nc2ccc(-c3nc(N4CCOCC4)c4ccc(-c5c(C)nn(C)c5C)cc4n3)cc2)cc1. The maximum atomic E-state index is 12.6. The number of urea groups is 1. The zero-order valence-electron chi connectivity index (χ0n) is 25.1. The van der Waals surface area contributed by atoms with Crippen LogP contribution in [-0.4, -0.2) is 58.0 Å². The number of aryl methyl sites for hydroxylation is 2. The zero-order valence-corrected chi connectivity index (χ0v) is 25.1. The van der Waals surface area contributed by atoms with E-state index >= 15 is 0 Å². The number of aromatic nitrogens is 4. The van der Waals surface area contributed by atoms with Gasteiger partial charge in [-0.15, -0.1) is 0 Å². The summed E-state index contributed by atoms with van der Waals surface area (Å²) in [5.74, 6) is 1.33. The number of hydrogen-bond acceptors (Lipinski definition) is 7. The van der Waals surface area contributed by atoms with E-state index in [1.54, 1.807) is 24.3 Å². The van der Waals surface area contributed by atoms with E-state index in [1.165, 1.54) is 6.92 Å². The highest BCUT2D eigenvalue weighted by Crippen LogP contribution is 2.34. The Kier molecular flexibility index (Phi) is 7.95. The molecule has 224 valence electrons. The van der Waals surface area contributed by atoms with Crippen LogP contribution in [-0.2, 0) is 16.6 Å². The van der Waals surface area contributed by atoms with Gasteiger partial charge in [0.05, 0.1) is 24.4 Å². The Hall–Kier alpha value is -5.29. The Balaban J connectivity index is 1.27. The third-order valence-electron chi connectivity index (χ3n) is 7.65. The van der Waals surface area contributed by atoms with Gasteiger partial charge in [0.1, 0.15) is 5.82 Å². The molecule has 3 amide bonds. The minimum absolute atomic E-state index is 0.155. The molecule has 3 heterocycles. The monoisotopic (exact) mass is 590 g/mol. The van der Waals surface area contributed by atoms with E-state index in [9.17, 15) is 9.59 Å². The summed E-state index contributed by atoms with van der Waals surface area (Å²) in [6.45, 7) is 8.34. The molecule has 1 saturated heterocycles. The van der Waals surface area contributed by atoms with Gasteiger partial charge in [-0.2, -0.15) is 5.10 Å². The molecule has 5 aromatic rings. The van der Waals surface area contributed by atoms with Crippen LogP contribution in [0, 0.1) is 13.8 Å². The largest absolute Gasteiger partial charge is 0.378 e. The van der Waals surface area contributed by atoms with Crippen LogP contribution in [0.5, 0.6) is 0 Å². The van der Waals surface area contributed by atoms with E-state index in [0.717, 1.165) is 57.9 Å². The summed E-state index contributed by atoms with van der Waals surface area (Å²) in [6, 6.07) is 20.3. The average Bonchev–Trinajstić information content (AvgIpc) is 3.28. The predicted octanol–water partition coefficient (Wildman–Crippen LogP) is 5.75. The molecule has 2 aromatic heterocycles. The number of nitrogens with zero attached hydrogens (tertiary/aromatic N) is 5. The molecule has 1 fully saturated rings. The van der Waals surface area contributed by atoms with Crippen LogP contribution in [0.3, 0.4) is 0 Å². The van der Waals surface area contributed by atoms with Crippen LogP contribution in [0.15, 0.2) is 66.7 Å². The Labute approximate surface area is 255 Å². The highest BCUT2D eigenvalue weighted by Gasteiger charge is 2.20. The smallest absolute Gasteiger partial charge is 0.323 e. The minimum atomic E-state index is -0.380. The van der Waals surface area contributed by atoms with Crippen LogP contribution in [0.2, 0.25) is 0 Å². The lowest BCUT2D eigenvalue weighted by atomic mass is 10.0. The van der Waals surface area contributed by atoms with Crippen molar-refractivity contribution in [1.82, 2.24) is 19.7 Å². The first-order valence-corrected chi connectivity index (χ1v) is 14.5. The summed E-state index contributed by atoms with van der Waals surface area (Å²) in [6.07, 6.45) is 0. The number of carbonyl (C=O) groups excluding carboxylic acids is 2. The molecule has 0 atom stereocenters.